The van der Waals surface area contributed by atoms with Gasteiger partial charge >= 0.3 is 0 Å². The van der Waals surface area contributed by atoms with Crippen molar-refractivity contribution in [3.05, 3.63) is 23.8 Å². The molecule has 1 heterocycles. The smallest absolute Gasteiger partial charge is 0.230 e. The number of halogens is 1. The molecule has 2 rings (SSSR count). The normalized spacial score (nSPS) is 14.3. The van der Waals surface area contributed by atoms with Gasteiger partial charge in [0.2, 0.25) is 12.0 Å². The molecular formula is C22H36BrNO3. The standard InChI is InChI=1S/C22H35NO3.BrH/c1-5-9-10-11-14-22(7-3,8-4)23-21(6-2)26-17-12-13-18-19(24)16-25-20(18)15-17;/h12-13,15,21,23H,5-11,14,16H2,1-4H3;1H. The van der Waals surface area contributed by atoms with Gasteiger partial charge in [-0.2, -0.15) is 0 Å². The van der Waals surface area contributed by atoms with Gasteiger partial charge in [-0.05, 0) is 31.4 Å². The molecule has 4 nitrogen and oxygen atoms in total. The molecule has 1 aromatic carbocycles. The topological polar surface area (TPSA) is 52.1 Å². The third kappa shape index (κ3) is 6.49. The molecule has 27 heavy (non-hydrogen) atoms. The first-order valence-corrected chi connectivity index (χ1v) is 10.4. The Morgan fingerprint density at radius 1 is 1.15 bits per heavy atom. The minimum Gasteiger partial charge on any atom is -1.00 e. The highest BCUT2D eigenvalue weighted by molar-refractivity contribution is 6.02. The number of carbonyl (C=O) groups is 1. The zero-order chi connectivity index (χ0) is 19.0. The van der Waals surface area contributed by atoms with Crippen LogP contribution in [0.4, 0.5) is 0 Å². The molecule has 0 spiro atoms. The van der Waals surface area contributed by atoms with Crippen LogP contribution in [0.15, 0.2) is 18.2 Å². The Hall–Kier alpha value is -1.07. The van der Waals surface area contributed by atoms with Crippen molar-refractivity contribution in [1.29, 1.82) is 0 Å². The summed E-state index contributed by atoms with van der Waals surface area (Å²) in [7, 11) is 0. The Morgan fingerprint density at radius 3 is 2.52 bits per heavy atom. The predicted molar refractivity (Wildman–Crippen MR) is 105 cm³/mol. The summed E-state index contributed by atoms with van der Waals surface area (Å²) in [6.07, 6.45) is 9.76. The second-order valence-electron chi connectivity index (χ2n) is 7.48. The van der Waals surface area contributed by atoms with E-state index in [-0.39, 0.29) is 41.1 Å². The highest BCUT2D eigenvalue weighted by Gasteiger charge is 2.33. The second kappa shape index (κ2) is 11.7. The number of unbranched alkanes of at least 4 members (excludes halogenated alkanes) is 3. The Labute approximate surface area is 175 Å². The summed E-state index contributed by atoms with van der Waals surface area (Å²) in [4.78, 5) is 11.7. The van der Waals surface area contributed by atoms with Gasteiger partial charge in [0.1, 0.15) is 11.5 Å². The van der Waals surface area contributed by atoms with E-state index in [2.05, 4.69) is 33.0 Å². The van der Waals surface area contributed by atoms with Crippen molar-refractivity contribution in [2.24, 2.45) is 0 Å². The summed E-state index contributed by atoms with van der Waals surface area (Å²) in [6, 6.07) is 5.57. The van der Waals surface area contributed by atoms with Crippen molar-refractivity contribution in [3.8, 4) is 11.5 Å². The summed E-state index contributed by atoms with van der Waals surface area (Å²) in [6.45, 7) is 9.16. The maximum Gasteiger partial charge on any atom is 0.230 e. The fourth-order valence-electron chi connectivity index (χ4n) is 3.78. The lowest BCUT2D eigenvalue weighted by Gasteiger charge is -2.33. The van der Waals surface area contributed by atoms with Gasteiger partial charge in [-0.3, -0.25) is 4.79 Å². The van der Waals surface area contributed by atoms with Crippen LogP contribution in [0.1, 0.15) is 89.4 Å². The van der Waals surface area contributed by atoms with E-state index in [0.717, 1.165) is 25.0 Å². The number of benzene rings is 1. The molecule has 1 atom stereocenters. The molecule has 1 aliphatic rings. The predicted octanol–water partition coefficient (Wildman–Crippen LogP) is 1.47. The van der Waals surface area contributed by atoms with Gasteiger partial charge in [0.05, 0.1) is 11.1 Å². The Morgan fingerprint density at radius 2 is 1.89 bits per heavy atom. The first-order chi connectivity index (χ1) is 12.6. The van der Waals surface area contributed by atoms with Crippen LogP contribution in [0, 0.1) is 0 Å². The molecule has 154 valence electrons. The lowest BCUT2D eigenvalue weighted by Crippen LogP contribution is -3.02. The maximum atomic E-state index is 11.7. The minimum atomic E-state index is 0. The molecule has 5 heteroatoms. The van der Waals surface area contributed by atoms with Crippen LogP contribution >= 0.6 is 0 Å². The van der Waals surface area contributed by atoms with Crippen molar-refractivity contribution >= 4 is 5.78 Å². The van der Waals surface area contributed by atoms with Crippen LogP contribution in [0.2, 0.25) is 0 Å². The highest BCUT2D eigenvalue weighted by Crippen LogP contribution is 2.30. The molecule has 0 amide bonds. The summed E-state index contributed by atoms with van der Waals surface area (Å²) < 4.78 is 11.7. The van der Waals surface area contributed by atoms with Crippen molar-refractivity contribution in [2.75, 3.05) is 6.61 Å². The molecule has 0 saturated heterocycles. The molecule has 0 aromatic heterocycles. The zero-order valence-electron chi connectivity index (χ0n) is 17.4. The first-order valence-electron chi connectivity index (χ1n) is 10.4. The van der Waals surface area contributed by atoms with E-state index in [1.165, 1.54) is 32.1 Å². The molecule has 0 saturated carbocycles. The number of hydrogen-bond acceptors (Lipinski definition) is 3. The van der Waals surface area contributed by atoms with Gasteiger partial charge in [0, 0.05) is 18.9 Å². The van der Waals surface area contributed by atoms with Crippen LogP contribution in [-0.4, -0.2) is 24.2 Å². The number of quaternary nitrogens is 1. The molecule has 0 aliphatic carbocycles. The number of ketones is 1. The number of ether oxygens (including phenoxy) is 2. The molecule has 1 unspecified atom stereocenters. The SMILES string of the molecule is CCCCCCC(CC)(CC)[NH2+]C(CC)Oc1ccc2c(c1)OCC2=O.[Br-]. The maximum absolute atomic E-state index is 11.7. The van der Waals surface area contributed by atoms with Crippen molar-refractivity contribution in [2.45, 2.75) is 90.8 Å². The van der Waals surface area contributed by atoms with Crippen LogP contribution in [0.25, 0.3) is 0 Å². The fraction of sp³-hybridized carbons (Fsp3) is 0.682. The number of carbonyl (C=O) groups excluding carboxylic acids is 1. The van der Waals surface area contributed by atoms with Crippen LogP contribution in [0.5, 0.6) is 11.5 Å². The Kier molecular flexibility index (Phi) is 10.4. The monoisotopic (exact) mass is 441 g/mol. The molecule has 1 aromatic rings. The van der Waals surface area contributed by atoms with E-state index in [9.17, 15) is 4.79 Å². The molecular weight excluding hydrogens is 406 g/mol. The lowest BCUT2D eigenvalue weighted by atomic mass is 9.86. The van der Waals surface area contributed by atoms with Crippen LogP contribution in [-0.2, 0) is 0 Å². The number of rotatable bonds is 12. The lowest BCUT2D eigenvalue weighted by molar-refractivity contribution is -0.783. The third-order valence-corrected chi connectivity index (χ3v) is 5.78. The average Bonchev–Trinajstić information content (AvgIpc) is 3.04. The van der Waals surface area contributed by atoms with Gasteiger partial charge in [0.25, 0.3) is 0 Å². The van der Waals surface area contributed by atoms with E-state index < -0.39 is 0 Å². The quantitative estimate of drug-likeness (QED) is 0.394. The van der Waals surface area contributed by atoms with Gasteiger partial charge in [-0.1, -0.05) is 47.0 Å². The second-order valence-corrected chi connectivity index (χ2v) is 7.48. The molecule has 1 aliphatic heterocycles. The minimum absolute atomic E-state index is 0. The fourth-order valence-corrected chi connectivity index (χ4v) is 3.78. The van der Waals surface area contributed by atoms with E-state index in [4.69, 9.17) is 9.47 Å². The van der Waals surface area contributed by atoms with E-state index in [1.807, 2.05) is 18.2 Å². The number of hydrogen-bond donors (Lipinski definition) is 1. The van der Waals surface area contributed by atoms with Gasteiger partial charge in [-0.15, -0.1) is 0 Å². The largest absolute Gasteiger partial charge is 1.00 e. The highest BCUT2D eigenvalue weighted by atomic mass is 79.9. The Balaban J connectivity index is 0.00000364. The molecule has 0 radical (unpaired) electrons. The summed E-state index contributed by atoms with van der Waals surface area (Å²) in [5.41, 5.74) is 0.916. The number of nitrogens with two attached hydrogens (primary N) is 1. The molecule has 2 N–H and O–H groups in total. The van der Waals surface area contributed by atoms with Gasteiger partial charge in [0.15, 0.2) is 6.61 Å². The van der Waals surface area contributed by atoms with E-state index >= 15 is 0 Å². The third-order valence-electron chi connectivity index (χ3n) is 5.78. The molecule has 0 fully saturated rings. The van der Waals surface area contributed by atoms with Crippen molar-refractivity contribution in [1.82, 2.24) is 0 Å². The van der Waals surface area contributed by atoms with Crippen molar-refractivity contribution in [3.63, 3.8) is 0 Å². The zero-order valence-corrected chi connectivity index (χ0v) is 18.9. The van der Waals surface area contributed by atoms with E-state index in [0.29, 0.717) is 11.3 Å². The summed E-state index contributed by atoms with van der Waals surface area (Å²) in [5, 5.41) is 2.44. The number of Topliss-reactive ketones (excluding diaryl/α,β-unsaturated/α-hetero) is 1. The van der Waals surface area contributed by atoms with Crippen LogP contribution in [0.3, 0.4) is 0 Å². The molecule has 0 bridgehead atoms. The summed E-state index contributed by atoms with van der Waals surface area (Å²) >= 11 is 0. The number of fused-ring (bicyclic) bond motifs is 1. The Bertz CT molecular complexity index is 587. The first kappa shape index (κ1) is 24.0. The average molecular weight is 442 g/mol. The van der Waals surface area contributed by atoms with E-state index in [1.54, 1.807) is 0 Å². The van der Waals surface area contributed by atoms with Crippen molar-refractivity contribution < 1.29 is 36.6 Å². The van der Waals surface area contributed by atoms with Gasteiger partial charge < -0.3 is 31.8 Å². The summed E-state index contributed by atoms with van der Waals surface area (Å²) in [5.74, 6) is 1.49. The van der Waals surface area contributed by atoms with Crippen LogP contribution < -0.4 is 31.8 Å². The van der Waals surface area contributed by atoms with Gasteiger partial charge in [-0.25, -0.2) is 0 Å².